The maximum Gasteiger partial charge on any atom is 0.323 e. The van der Waals surface area contributed by atoms with Crippen LogP contribution in [0.5, 0.6) is 0 Å². The van der Waals surface area contributed by atoms with Gasteiger partial charge in [-0.15, -0.1) is 0 Å². The van der Waals surface area contributed by atoms with E-state index in [1.807, 2.05) is 0 Å². The van der Waals surface area contributed by atoms with Crippen molar-refractivity contribution in [3.05, 3.63) is 0 Å². The number of hydrogen-bond donors (Lipinski definition) is 4. The number of carbonyl (C=O) groups excluding carboxylic acids is 1. The Hall–Kier alpha value is -1.30. The summed E-state index contributed by atoms with van der Waals surface area (Å²) in [6, 6.07) is -0.571. The van der Waals surface area contributed by atoms with E-state index in [0.29, 0.717) is 25.8 Å². The summed E-state index contributed by atoms with van der Waals surface area (Å²) in [5.41, 5.74) is 9.14. The van der Waals surface area contributed by atoms with Gasteiger partial charge in [-0.1, -0.05) is 0 Å². The van der Waals surface area contributed by atoms with Gasteiger partial charge in [-0.2, -0.15) is 0 Å². The van der Waals surface area contributed by atoms with Crippen molar-refractivity contribution in [2.75, 3.05) is 6.54 Å². The number of amides is 2. The standard InChI is InChI=1S/C8H17N3O3/c1-8(10,6(12)13)4-2-3-5-11-7(9)14/h2-5,10H2,1H3,(H,12,13)(H3,9,11,14)/t8-/m0/s1. The van der Waals surface area contributed by atoms with Gasteiger partial charge < -0.3 is 21.9 Å². The van der Waals surface area contributed by atoms with Gasteiger partial charge in [0, 0.05) is 6.54 Å². The molecule has 0 fully saturated rings. The summed E-state index contributed by atoms with van der Waals surface area (Å²) in [6.45, 7) is 1.92. The maximum atomic E-state index is 10.6. The predicted molar refractivity (Wildman–Crippen MR) is 51.7 cm³/mol. The molecule has 0 saturated carbocycles. The van der Waals surface area contributed by atoms with Gasteiger partial charge in [-0.25, -0.2) is 4.79 Å². The molecule has 2 amide bonds. The van der Waals surface area contributed by atoms with Gasteiger partial charge >= 0.3 is 12.0 Å². The topological polar surface area (TPSA) is 118 Å². The van der Waals surface area contributed by atoms with E-state index < -0.39 is 17.5 Å². The Morgan fingerprint density at radius 2 is 2.00 bits per heavy atom. The van der Waals surface area contributed by atoms with E-state index in [1.165, 1.54) is 6.92 Å². The molecular formula is C8H17N3O3. The molecule has 0 radical (unpaired) electrons. The second-order valence-corrected chi connectivity index (χ2v) is 3.47. The number of primary amides is 1. The summed E-state index contributed by atoms with van der Waals surface area (Å²) in [5.74, 6) is -1.01. The van der Waals surface area contributed by atoms with E-state index in [9.17, 15) is 9.59 Å². The zero-order chi connectivity index (χ0) is 11.2. The predicted octanol–water partition coefficient (Wildman–Crippen LogP) is -0.373. The van der Waals surface area contributed by atoms with Gasteiger partial charge in [0.15, 0.2) is 0 Å². The maximum absolute atomic E-state index is 10.6. The lowest BCUT2D eigenvalue weighted by molar-refractivity contribution is -0.142. The van der Waals surface area contributed by atoms with Crippen LogP contribution in [0.1, 0.15) is 26.2 Å². The number of nitrogens with one attached hydrogen (secondary N) is 1. The number of rotatable bonds is 6. The minimum atomic E-state index is -1.19. The van der Waals surface area contributed by atoms with Gasteiger partial charge in [-0.3, -0.25) is 4.79 Å². The molecule has 6 nitrogen and oxygen atoms in total. The number of nitrogens with two attached hydrogens (primary N) is 2. The molecule has 0 aliphatic carbocycles. The van der Waals surface area contributed by atoms with Crippen LogP contribution in [-0.4, -0.2) is 29.2 Å². The summed E-state index contributed by atoms with van der Waals surface area (Å²) in [6.07, 6.45) is 1.69. The van der Waals surface area contributed by atoms with Crippen LogP contribution in [0.25, 0.3) is 0 Å². The van der Waals surface area contributed by atoms with Gasteiger partial charge in [0.05, 0.1) is 0 Å². The molecule has 0 aliphatic heterocycles. The lowest BCUT2D eigenvalue weighted by Crippen LogP contribution is -2.44. The summed E-state index contributed by atoms with van der Waals surface area (Å²) >= 11 is 0. The molecule has 6 N–H and O–H groups in total. The molecule has 1 atom stereocenters. The van der Waals surface area contributed by atoms with E-state index in [0.717, 1.165) is 0 Å². The fourth-order valence-electron chi connectivity index (χ4n) is 0.936. The van der Waals surface area contributed by atoms with Crippen LogP contribution < -0.4 is 16.8 Å². The number of carboxylic acid groups (broad SMARTS) is 1. The number of aliphatic carboxylic acids is 1. The third-order valence-electron chi connectivity index (χ3n) is 1.91. The number of urea groups is 1. The summed E-state index contributed by atoms with van der Waals surface area (Å²) in [7, 11) is 0. The lowest BCUT2D eigenvalue weighted by Gasteiger charge is -2.18. The molecule has 0 aromatic heterocycles. The van der Waals surface area contributed by atoms with Crippen molar-refractivity contribution >= 4 is 12.0 Å². The molecule has 0 spiro atoms. The van der Waals surface area contributed by atoms with Crippen LogP contribution in [0.4, 0.5) is 4.79 Å². The molecule has 0 aromatic carbocycles. The van der Waals surface area contributed by atoms with Crippen molar-refractivity contribution in [1.82, 2.24) is 5.32 Å². The minimum Gasteiger partial charge on any atom is -0.480 e. The first-order valence-electron chi connectivity index (χ1n) is 4.42. The summed E-state index contributed by atoms with van der Waals surface area (Å²) < 4.78 is 0. The fraction of sp³-hybridized carbons (Fsp3) is 0.750. The monoisotopic (exact) mass is 203 g/mol. The average molecular weight is 203 g/mol. The van der Waals surface area contributed by atoms with Crippen LogP contribution in [0.3, 0.4) is 0 Å². The Balaban J connectivity index is 3.54. The largest absolute Gasteiger partial charge is 0.480 e. The molecule has 0 heterocycles. The highest BCUT2D eigenvalue weighted by molar-refractivity contribution is 5.77. The Morgan fingerprint density at radius 1 is 1.43 bits per heavy atom. The molecule has 0 aromatic rings. The molecule has 14 heavy (non-hydrogen) atoms. The second-order valence-electron chi connectivity index (χ2n) is 3.47. The van der Waals surface area contributed by atoms with Crippen molar-refractivity contribution in [2.24, 2.45) is 11.5 Å². The van der Waals surface area contributed by atoms with Crippen molar-refractivity contribution < 1.29 is 14.7 Å². The Labute approximate surface area is 82.6 Å². The van der Waals surface area contributed by atoms with Crippen molar-refractivity contribution in [1.29, 1.82) is 0 Å². The molecule has 0 rings (SSSR count). The Morgan fingerprint density at radius 3 is 2.43 bits per heavy atom. The first-order valence-corrected chi connectivity index (χ1v) is 4.42. The van der Waals surface area contributed by atoms with Crippen LogP contribution in [0, 0.1) is 0 Å². The lowest BCUT2D eigenvalue weighted by atomic mass is 9.96. The van der Waals surface area contributed by atoms with Crippen molar-refractivity contribution in [2.45, 2.75) is 31.7 Å². The SMILES string of the molecule is C[C@](N)(CCCCNC(N)=O)C(=O)O. The molecule has 0 saturated heterocycles. The normalized spacial score (nSPS) is 14.4. The van der Waals surface area contributed by atoms with E-state index >= 15 is 0 Å². The van der Waals surface area contributed by atoms with Gasteiger partial charge in [-0.05, 0) is 26.2 Å². The second kappa shape index (κ2) is 5.43. The van der Waals surface area contributed by atoms with Gasteiger partial charge in [0.25, 0.3) is 0 Å². The Bertz CT molecular complexity index is 216. The van der Waals surface area contributed by atoms with Crippen molar-refractivity contribution in [3.8, 4) is 0 Å². The average Bonchev–Trinajstić information content (AvgIpc) is 2.02. The van der Waals surface area contributed by atoms with Crippen LogP contribution in [0.2, 0.25) is 0 Å². The van der Waals surface area contributed by atoms with Gasteiger partial charge in [0.2, 0.25) is 0 Å². The van der Waals surface area contributed by atoms with E-state index in [1.54, 1.807) is 0 Å². The molecule has 82 valence electrons. The minimum absolute atomic E-state index is 0.378. The highest BCUT2D eigenvalue weighted by atomic mass is 16.4. The van der Waals surface area contributed by atoms with E-state index in [4.69, 9.17) is 16.6 Å². The summed E-state index contributed by atoms with van der Waals surface area (Å²) in [4.78, 5) is 20.8. The van der Waals surface area contributed by atoms with E-state index in [-0.39, 0.29) is 0 Å². The number of unbranched alkanes of at least 4 members (excludes halogenated alkanes) is 1. The molecule has 0 unspecified atom stereocenters. The third-order valence-corrected chi connectivity index (χ3v) is 1.91. The first kappa shape index (κ1) is 12.7. The molecule has 6 heteroatoms. The van der Waals surface area contributed by atoms with Crippen LogP contribution in [-0.2, 0) is 4.79 Å². The highest BCUT2D eigenvalue weighted by Gasteiger charge is 2.26. The highest BCUT2D eigenvalue weighted by Crippen LogP contribution is 2.10. The third kappa shape index (κ3) is 5.36. The Kier molecular flexibility index (Phi) is 4.93. The molecule has 0 aliphatic rings. The van der Waals surface area contributed by atoms with Crippen LogP contribution >= 0.6 is 0 Å². The number of carboxylic acids is 1. The van der Waals surface area contributed by atoms with Crippen LogP contribution in [0.15, 0.2) is 0 Å². The quantitative estimate of drug-likeness (QED) is 0.440. The number of hydrogen-bond acceptors (Lipinski definition) is 3. The molecule has 0 bridgehead atoms. The zero-order valence-electron chi connectivity index (χ0n) is 8.25. The van der Waals surface area contributed by atoms with E-state index in [2.05, 4.69) is 5.32 Å². The van der Waals surface area contributed by atoms with Gasteiger partial charge in [0.1, 0.15) is 5.54 Å². The zero-order valence-corrected chi connectivity index (χ0v) is 8.25. The summed E-state index contributed by atoms with van der Waals surface area (Å²) in [5, 5.41) is 11.1. The first-order chi connectivity index (χ1) is 6.36. The smallest absolute Gasteiger partial charge is 0.323 e. The fourth-order valence-corrected chi connectivity index (χ4v) is 0.936. The van der Waals surface area contributed by atoms with Crippen molar-refractivity contribution in [3.63, 3.8) is 0 Å². The molecular weight excluding hydrogens is 186 g/mol. The number of carbonyl (C=O) groups is 2.